The molecule has 1 aromatic carbocycles. The molecule has 2 aromatic rings. The van der Waals surface area contributed by atoms with Crippen molar-refractivity contribution in [2.45, 2.75) is 5.38 Å². The fourth-order valence-electron chi connectivity index (χ4n) is 1.48. The zero-order valence-electron chi connectivity index (χ0n) is 8.49. The Hall–Kier alpha value is -0.0400. The lowest BCUT2D eigenvalue weighted by molar-refractivity contribution is 0.526. The second-order valence-electron chi connectivity index (χ2n) is 3.43. The minimum absolute atomic E-state index is 0.357. The zero-order chi connectivity index (χ0) is 13.4. The minimum Gasteiger partial charge on any atom is -0.207 e. The largest absolute Gasteiger partial charge is 0.207 e. The summed E-state index contributed by atoms with van der Waals surface area (Å²) in [6.45, 7) is 0. The van der Waals surface area contributed by atoms with Gasteiger partial charge in [-0.2, -0.15) is 0 Å². The molecule has 0 bridgehead atoms. The zero-order valence-corrected chi connectivity index (χ0v) is 13.2. The molecule has 0 N–H and O–H groups in total. The SMILES string of the molecule is Fc1cc(F)c(C(Cl)c2cc(Br)sc2Br)c(F)c1. The fourth-order valence-corrected chi connectivity index (χ4v) is 4.96. The third-order valence-electron chi connectivity index (χ3n) is 2.25. The lowest BCUT2D eigenvalue weighted by atomic mass is 10.1. The van der Waals surface area contributed by atoms with Crippen LogP contribution in [0.15, 0.2) is 25.8 Å². The van der Waals surface area contributed by atoms with Crippen LogP contribution in [0.3, 0.4) is 0 Å². The normalized spacial score (nSPS) is 12.8. The average Bonchev–Trinajstić information content (AvgIpc) is 2.56. The Bertz CT molecular complexity index is 577. The van der Waals surface area contributed by atoms with Crippen LogP contribution in [-0.4, -0.2) is 0 Å². The molecule has 0 nitrogen and oxygen atoms in total. The van der Waals surface area contributed by atoms with Gasteiger partial charge in [0.2, 0.25) is 0 Å². The van der Waals surface area contributed by atoms with Gasteiger partial charge in [0.15, 0.2) is 0 Å². The first-order valence-corrected chi connectivity index (χ1v) is 7.47. The van der Waals surface area contributed by atoms with E-state index in [9.17, 15) is 13.2 Å². The van der Waals surface area contributed by atoms with Crippen LogP contribution in [0.2, 0.25) is 0 Å². The summed E-state index contributed by atoms with van der Waals surface area (Å²) in [4.78, 5) is 0. The Morgan fingerprint density at radius 2 is 1.61 bits per heavy atom. The molecule has 0 spiro atoms. The van der Waals surface area contributed by atoms with Crippen LogP contribution in [0.5, 0.6) is 0 Å². The van der Waals surface area contributed by atoms with Gasteiger partial charge in [-0.25, -0.2) is 13.2 Å². The van der Waals surface area contributed by atoms with Gasteiger partial charge in [0, 0.05) is 23.3 Å². The summed E-state index contributed by atoms with van der Waals surface area (Å²) in [5.41, 5.74) is 0.169. The first kappa shape index (κ1) is 14.4. The number of hydrogen-bond donors (Lipinski definition) is 0. The van der Waals surface area contributed by atoms with Crippen molar-refractivity contribution in [1.29, 1.82) is 0 Å². The van der Waals surface area contributed by atoms with Crippen molar-refractivity contribution in [3.05, 3.63) is 54.4 Å². The Morgan fingerprint density at radius 3 is 2.06 bits per heavy atom. The predicted octanol–water partition coefficient (Wildman–Crippen LogP) is 6.02. The van der Waals surface area contributed by atoms with Gasteiger partial charge in [0.25, 0.3) is 0 Å². The van der Waals surface area contributed by atoms with Crippen LogP contribution in [0.4, 0.5) is 13.2 Å². The van der Waals surface area contributed by atoms with Gasteiger partial charge >= 0.3 is 0 Å². The van der Waals surface area contributed by atoms with Crippen molar-refractivity contribution in [2.24, 2.45) is 0 Å². The van der Waals surface area contributed by atoms with Gasteiger partial charge in [-0.15, -0.1) is 22.9 Å². The molecule has 0 amide bonds. The molecule has 96 valence electrons. The molecule has 0 aliphatic heterocycles. The monoisotopic (exact) mass is 418 g/mol. The number of alkyl halides is 1. The Morgan fingerprint density at radius 1 is 1.06 bits per heavy atom. The van der Waals surface area contributed by atoms with Crippen LogP contribution in [0, 0.1) is 17.5 Å². The standard InChI is InChI=1S/C11H4Br2ClF3S/c12-8-3-5(11(13)18-8)10(14)9-6(16)1-4(15)2-7(9)17/h1-3,10H. The van der Waals surface area contributed by atoms with Crippen molar-refractivity contribution in [3.8, 4) is 0 Å². The number of halogens is 6. The Labute approximate surface area is 127 Å². The van der Waals surface area contributed by atoms with E-state index in [0.29, 0.717) is 21.5 Å². The maximum atomic E-state index is 13.6. The van der Waals surface area contributed by atoms with Crippen molar-refractivity contribution < 1.29 is 13.2 Å². The summed E-state index contributed by atoms with van der Waals surface area (Å²) in [6, 6.07) is 2.89. The second-order valence-corrected chi connectivity index (χ2v) is 7.61. The highest BCUT2D eigenvalue weighted by Gasteiger charge is 2.24. The van der Waals surface area contributed by atoms with Gasteiger partial charge in [-0.3, -0.25) is 0 Å². The maximum absolute atomic E-state index is 13.6. The highest BCUT2D eigenvalue weighted by Crippen LogP contribution is 2.42. The molecule has 1 unspecified atom stereocenters. The quantitative estimate of drug-likeness (QED) is 0.522. The van der Waals surface area contributed by atoms with E-state index < -0.39 is 22.8 Å². The average molecular weight is 420 g/mol. The van der Waals surface area contributed by atoms with Crippen LogP contribution in [0.25, 0.3) is 0 Å². The van der Waals surface area contributed by atoms with Crippen molar-refractivity contribution in [2.75, 3.05) is 0 Å². The molecule has 1 atom stereocenters. The molecule has 0 radical (unpaired) electrons. The van der Waals surface area contributed by atoms with E-state index in [2.05, 4.69) is 31.9 Å². The van der Waals surface area contributed by atoms with Crippen LogP contribution in [-0.2, 0) is 0 Å². The molecule has 18 heavy (non-hydrogen) atoms. The van der Waals surface area contributed by atoms with Crippen LogP contribution < -0.4 is 0 Å². The molecule has 0 aliphatic rings. The summed E-state index contributed by atoms with van der Waals surface area (Å²) < 4.78 is 41.5. The Kier molecular flexibility index (Phi) is 4.41. The number of hydrogen-bond acceptors (Lipinski definition) is 1. The molecule has 0 aliphatic carbocycles. The molecule has 0 saturated heterocycles. The summed E-state index contributed by atoms with van der Waals surface area (Å²) >= 11 is 13.9. The minimum atomic E-state index is -1.03. The lowest BCUT2D eigenvalue weighted by Gasteiger charge is -2.11. The van der Waals surface area contributed by atoms with E-state index >= 15 is 0 Å². The van der Waals surface area contributed by atoms with E-state index in [1.807, 2.05) is 0 Å². The Balaban J connectivity index is 2.52. The van der Waals surface area contributed by atoms with E-state index in [-0.39, 0.29) is 5.56 Å². The van der Waals surface area contributed by atoms with Crippen molar-refractivity contribution >= 4 is 54.8 Å². The van der Waals surface area contributed by atoms with Crippen LogP contribution in [0.1, 0.15) is 16.5 Å². The number of thiophene rings is 1. The van der Waals surface area contributed by atoms with Crippen molar-refractivity contribution in [3.63, 3.8) is 0 Å². The summed E-state index contributed by atoms with van der Waals surface area (Å²) in [6.07, 6.45) is 0. The van der Waals surface area contributed by atoms with E-state index in [1.165, 1.54) is 11.3 Å². The van der Waals surface area contributed by atoms with E-state index in [1.54, 1.807) is 6.07 Å². The fraction of sp³-hybridized carbons (Fsp3) is 0.0909. The maximum Gasteiger partial charge on any atom is 0.134 e. The first-order valence-electron chi connectivity index (χ1n) is 4.63. The van der Waals surface area contributed by atoms with E-state index in [0.717, 1.165) is 3.79 Å². The molecular formula is C11H4Br2ClF3S. The molecule has 1 heterocycles. The third-order valence-corrected chi connectivity index (χ3v) is 5.09. The molecule has 0 saturated carbocycles. The smallest absolute Gasteiger partial charge is 0.134 e. The predicted molar refractivity (Wildman–Crippen MR) is 73.7 cm³/mol. The highest BCUT2D eigenvalue weighted by atomic mass is 79.9. The van der Waals surface area contributed by atoms with Gasteiger partial charge in [-0.05, 0) is 37.9 Å². The van der Waals surface area contributed by atoms with Gasteiger partial charge in [-0.1, -0.05) is 0 Å². The van der Waals surface area contributed by atoms with Gasteiger partial charge in [0.05, 0.1) is 12.9 Å². The molecule has 7 heteroatoms. The molecule has 2 rings (SSSR count). The molecule has 0 fully saturated rings. The summed E-state index contributed by atoms with van der Waals surface area (Å²) in [5.74, 6) is -2.97. The van der Waals surface area contributed by atoms with Crippen LogP contribution >= 0.6 is 54.8 Å². The lowest BCUT2D eigenvalue weighted by Crippen LogP contribution is -2.01. The summed E-state index contributed by atoms with van der Waals surface area (Å²) in [7, 11) is 0. The summed E-state index contributed by atoms with van der Waals surface area (Å²) in [5, 5.41) is -1.03. The third kappa shape index (κ3) is 2.76. The molecule has 1 aromatic heterocycles. The first-order chi connectivity index (χ1) is 8.40. The number of rotatable bonds is 2. The van der Waals surface area contributed by atoms with Crippen molar-refractivity contribution in [1.82, 2.24) is 0 Å². The highest BCUT2D eigenvalue weighted by molar-refractivity contribution is 9.12. The van der Waals surface area contributed by atoms with Gasteiger partial charge < -0.3 is 0 Å². The topological polar surface area (TPSA) is 0 Å². The molecular weight excluding hydrogens is 416 g/mol. The second kappa shape index (κ2) is 5.53. The number of benzene rings is 1. The van der Waals surface area contributed by atoms with E-state index in [4.69, 9.17) is 11.6 Å². The van der Waals surface area contributed by atoms with Gasteiger partial charge in [0.1, 0.15) is 17.5 Å².